The Morgan fingerprint density at radius 1 is 1.26 bits per heavy atom. The largest absolute Gasteiger partial charge is 0.379 e. The zero-order valence-electron chi connectivity index (χ0n) is 12.1. The van der Waals surface area contributed by atoms with Gasteiger partial charge in [-0.25, -0.2) is 5.43 Å². The van der Waals surface area contributed by atoms with E-state index in [0.29, 0.717) is 0 Å². The number of amides is 1. The zero-order valence-corrected chi connectivity index (χ0v) is 12.1. The molecule has 110 valence electrons. The normalized spacial score (nSPS) is 22.4. The number of hydrogen-bond donors (Lipinski definition) is 1. The number of carbonyl (C=O) groups excluding carboxylic acids is 1. The first-order chi connectivity index (χ1) is 9.31. The summed E-state index contributed by atoms with van der Waals surface area (Å²) < 4.78 is 5.34. The van der Waals surface area contributed by atoms with Crippen molar-refractivity contribution in [1.29, 1.82) is 0 Å². The molecule has 1 N–H and O–H groups in total. The number of carbonyl (C=O) groups is 1. The molecule has 5 nitrogen and oxygen atoms in total. The Labute approximate surface area is 116 Å². The molecule has 1 heterocycles. The number of nitrogens with one attached hydrogen (secondary N) is 1. The molecule has 19 heavy (non-hydrogen) atoms. The summed E-state index contributed by atoms with van der Waals surface area (Å²) in [5.74, 6) is 0.529. The monoisotopic (exact) mass is 269 g/mol. The van der Waals surface area contributed by atoms with Gasteiger partial charge in [-0.15, -0.1) is 0 Å². The number of morpholine rings is 1. The fraction of sp³-hybridized carbons (Fsp3) is 0.929. The molecule has 0 bridgehead atoms. The van der Waals surface area contributed by atoms with Crippen molar-refractivity contribution in [3.05, 3.63) is 0 Å². The number of hydrogen-bond acceptors (Lipinski definition) is 4. The highest BCUT2D eigenvalue weighted by molar-refractivity contribution is 5.78. The van der Waals surface area contributed by atoms with Crippen LogP contribution >= 0.6 is 0 Å². The van der Waals surface area contributed by atoms with E-state index in [9.17, 15) is 4.79 Å². The minimum atomic E-state index is 0.242. The molecule has 0 atom stereocenters. The van der Waals surface area contributed by atoms with Gasteiger partial charge in [-0.1, -0.05) is 19.3 Å². The van der Waals surface area contributed by atoms with Crippen molar-refractivity contribution >= 4 is 5.91 Å². The number of rotatable bonds is 5. The fourth-order valence-corrected chi connectivity index (χ4v) is 2.97. The van der Waals surface area contributed by atoms with E-state index in [4.69, 9.17) is 4.74 Å². The maximum atomic E-state index is 12.4. The van der Waals surface area contributed by atoms with Crippen LogP contribution in [0.3, 0.4) is 0 Å². The van der Waals surface area contributed by atoms with Gasteiger partial charge in [-0.3, -0.25) is 14.7 Å². The van der Waals surface area contributed by atoms with Gasteiger partial charge in [0, 0.05) is 32.6 Å². The number of ether oxygens (including phenoxy) is 1. The molecule has 2 fully saturated rings. The highest BCUT2D eigenvalue weighted by atomic mass is 16.5. The van der Waals surface area contributed by atoms with E-state index in [-0.39, 0.29) is 11.8 Å². The van der Waals surface area contributed by atoms with Gasteiger partial charge < -0.3 is 4.74 Å². The van der Waals surface area contributed by atoms with Crippen molar-refractivity contribution in [1.82, 2.24) is 15.3 Å². The molecule has 2 rings (SSSR count). The van der Waals surface area contributed by atoms with Crippen LogP contribution < -0.4 is 5.43 Å². The molecule has 0 spiro atoms. The first-order valence-corrected chi connectivity index (χ1v) is 7.60. The molecule has 0 aromatic carbocycles. The lowest BCUT2D eigenvalue weighted by Gasteiger charge is -2.32. The van der Waals surface area contributed by atoms with Crippen LogP contribution in [0, 0.1) is 5.92 Å². The van der Waals surface area contributed by atoms with Crippen LogP contribution in [0.15, 0.2) is 0 Å². The summed E-state index contributed by atoms with van der Waals surface area (Å²) in [6.07, 6.45) is 5.83. The van der Waals surface area contributed by atoms with Crippen LogP contribution in [0.25, 0.3) is 0 Å². The summed E-state index contributed by atoms with van der Waals surface area (Å²) in [5.41, 5.74) is 3.06. The van der Waals surface area contributed by atoms with Crippen molar-refractivity contribution in [3.8, 4) is 0 Å². The van der Waals surface area contributed by atoms with Crippen molar-refractivity contribution in [2.45, 2.75) is 32.1 Å². The predicted octanol–water partition coefficient (Wildman–Crippen LogP) is 0.862. The minimum absolute atomic E-state index is 0.242. The first-order valence-electron chi connectivity index (χ1n) is 7.60. The van der Waals surface area contributed by atoms with Gasteiger partial charge in [0.15, 0.2) is 0 Å². The zero-order chi connectivity index (χ0) is 13.5. The Kier molecular flexibility index (Phi) is 6.07. The Bertz CT molecular complexity index is 274. The average Bonchev–Trinajstić information content (AvgIpc) is 2.49. The lowest BCUT2D eigenvalue weighted by Crippen LogP contribution is -2.49. The summed E-state index contributed by atoms with van der Waals surface area (Å²) >= 11 is 0. The van der Waals surface area contributed by atoms with E-state index < -0.39 is 0 Å². The summed E-state index contributed by atoms with van der Waals surface area (Å²) in [7, 11) is 1.85. The second kappa shape index (κ2) is 7.82. The quantitative estimate of drug-likeness (QED) is 0.752. The summed E-state index contributed by atoms with van der Waals surface area (Å²) in [5, 5.41) is 1.81. The molecule has 1 saturated heterocycles. The van der Waals surface area contributed by atoms with Crippen molar-refractivity contribution < 1.29 is 9.53 Å². The molecule has 5 heteroatoms. The molecule has 0 radical (unpaired) electrons. The van der Waals surface area contributed by atoms with E-state index >= 15 is 0 Å². The molecule has 1 amide bonds. The Hall–Kier alpha value is -0.650. The van der Waals surface area contributed by atoms with Gasteiger partial charge in [0.25, 0.3) is 0 Å². The molecule has 0 aromatic rings. The maximum Gasteiger partial charge on any atom is 0.239 e. The van der Waals surface area contributed by atoms with Gasteiger partial charge in [-0.05, 0) is 12.8 Å². The smallest absolute Gasteiger partial charge is 0.239 e. The van der Waals surface area contributed by atoms with Crippen LogP contribution in [-0.4, -0.2) is 62.3 Å². The van der Waals surface area contributed by atoms with Crippen molar-refractivity contribution in [3.63, 3.8) is 0 Å². The van der Waals surface area contributed by atoms with Crippen LogP contribution in [-0.2, 0) is 9.53 Å². The summed E-state index contributed by atoms with van der Waals surface area (Å²) in [6, 6.07) is 0. The minimum Gasteiger partial charge on any atom is -0.379 e. The van der Waals surface area contributed by atoms with Crippen molar-refractivity contribution in [2.75, 3.05) is 46.4 Å². The van der Waals surface area contributed by atoms with Gasteiger partial charge in [0.2, 0.25) is 5.91 Å². The standard InChI is InChI=1S/C14H27N3O2/c1-15-17(8-7-16-9-11-19-12-10-16)14(18)13-5-3-2-4-6-13/h13,15H,2-12H2,1H3. The van der Waals surface area contributed by atoms with E-state index in [2.05, 4.69) is 10.3 Å². The fourth-order valence-electron chi connectivity index (χ4n) is 2.97. The second-order valence-corrected chi connectivity index (χ2v) is 5.50. The molecular formula is C14H27N3O2. The maximum absolute atomic E-state index is 12.4. The van der Waals surface area contributed by atoms with Gasteiger partial charge in [-0.2, -0.15) is 0 Å². The van der Waals surface area contributed by atoms with Crippen LogP contribution in [0.5, 0.6) is 0 Å². The predicted molar refractivity (Wildman–Crippen MR) is 74.6 cm³/mol. The molecular weight excluding hydrogens is 242 g/mol. The van der Waals surface area contributed by atoms with E-state index in [1.165, 1.54) is 19.3 Å². The SMILES string of the molecule is CNN(CCN1CCOCC1)C(=O)C1CCCCC1. The van der Waals surface area contributed by atoms with Gasteiger partial charge in [0.05, 0.1) is 19.8 Å². The van der Waals surface area contributed by atoms with Gasteiger partial charge >= 0.3 is 0 Å². The van der Waals surface area contributed by atoms with E-state index in [0.717, 1.165) is 52.2 Å². The number of nitrogens with zero attached hydrogens (tertiary/aromatic N) is 2. The summed E-state index contributed by atoms with van der Waals surface area (Å²) in [6.45, 7) is 5.30. The van der Waals surface area contributed by atoms with E-state index in [1.54, 1.807) is 0 Å². The third kappa shape index (κ3) is 4.44. The average molecular weight is 269 g/mol. The highest BCUT2D eigenvalue weighted by Crippen LogP contribution is 2.24. The third-order valence-corrected chi connectivity index (χ3v) is 4.23. The molecule has 2 aliphatic rings. The lowest BCUT2D eigenvalue weighted by atomic mass is 9.88. The first kappa shape index (κ1) is 14.8. The van der Waals surface area contributed by atoms with Crippen LogP contribution in [0.1, 0.15) is 32.1 Å². The van der Waals surface area contributed by atoms with E-state index in [1.807, 2.05) is 12.1 Å². The molecule has 0 aromatic heterocycles. The number of hydrazine groups is 1. The van der Waals surface area contributed by atoms with Crippen LogP contribution in [0.4, 0.5) is 0 Å². The molecule has 1 aliphatic carbocycles. The molecule has 1 saturated carbocycles. The second-order valence-electron chi connectivity index (χ2n) is 5.50. The highest BCUT2D eigenvalue weighted by Gasteiger charge is 2.25. The van der Waals surface area contributed by atoms with Gasteiger partial charge in [0.1, 0.15) is 0 Å². The Morgan fingerprint density at radius 2 is 1.95 bits per heavy atom. The third-order valence-electron chi connectivity index (χ3n) is 4.23. The topological polar surface area (TPSA) is 44.8 Å². The molecule has 1 aliphatic heterocycles. The van der Waals surface area contributed by atoms with Crippen LogP contribution in [0.2, 0.25) is 0 Å². The lowest BCUT2D eigenvalue weighted by molar-refractivity contribution is -0.139. The Balaban J connectivity index is 1.76. The van der Waals surface area contributed by atoms with Crippen molar-refractivity contribution in [2.24, 2.45) is 5.92 Å². The summed E-state index contributed by atoms with van der Waals surface area (Å²) in [4.78, 5) is 14.8. The Morgan fingerprint density at radius 3 is 2.58 bits per heavy atom. The molecule has 0 unspecified atom stereocenters.